The number of amides is 1. The molecule has 0 radical (unpaired) electrons. The van der Waals surface area contributed by atoms with E-state index in [1.807, 2.05) is 44.4 Å². The van der Waals surface area contributed by atoms with Gasteiger partial charge in [-0.05, 0) is 63.6 Å². The third-order valence-electron chi connectivity index (χ3n) is 3.99. The van der Waals surface area contributed by atoms with Gasteiger partial charge < -0.3 is 15.0 Å². The molecule has 1 aromatic carbocycles. The van der Waals surface area contributed by atoms with Crippen LogP contribution in [0.1, 0.15) is 41.2 Å². The van der Waals surface area contributed by atoms with Gasteiger partial charge in [-0.2, -0.15) is 5.26 Å². The molecule has 27 heavy (non-hydrogen) atoms. The van der Waals surface area contributed by atoms with Crippen LogP contribution in [0.2, 0.25) is 5.02 Å². The fourth-order valence-electron chi connectivity index (χ4n) is 2.79. The van der Waals surface area contributed by atoms with Crippen LogP contribution < -0.4 is 5.32 Å². The van der Waals surface area contributed by atoms with E-state index in [9.17, 15) is 20.0 Å². The van der Waals surface area contributed by atoms with Crippen LogP contribution in [-0.4, -0.2) is 27.6 Å². The van der Waals surface area contributed by atoms with Gasteiger partial charge in [0.2, 0.25) is 0 Å². The summed E-state index contributed by atoms with van der Waals surface area (Å²) in [6.45, 7) is 7.33. The number of carbonyl (C=O) groups is 2. The minimum Gasteiger partial charge on any atom is -0.478 e. The highest BCUT2D eigenvalue weighted by Crippen LogP contribution is 2.26. The van der Waals surface area contributed by atoms with E-state index in [1.165, 1.54) is 18.2 Å². The van der Waals surface area contributed by atoms with Crippen molar-refractivity contribution in [2.75, 3.05) is 0 Å². The first-order valence-corrected chi connectivity index (χ1v) is 8.68. The maximum atomic E-state index is 12.1. The van der Waals surface area contributed by atoms with Gasteiger partial charge in [0.1, 0.15) is 11.6 Å². The number of carboxylic acids is 1. The molecule has 1 aromatic heterocycles. The van der Waals surface area contributed by atoms with Gasteiger partial charge in [-0.3, -0.25) is 4.79 Å². The fraction of sp³-hybridized carbons (Fsp3) is 0.250. The Kier molecular flexibility index (Phi) is 6.09. The molecule has 6 nitrogen and oxygen atoms in total. The molecule has 2 aromatic rings. The number of nitriles is 1. The van der Waals surface area contributed by atoms with E-state index >= 15 is 0 Å². The number of halogens is 1. The molecule has 2 N–H and O–H groups in total. The second-order valence-corrected chi connectivity index (χ2v) is 6.84. The van der Waals surface area contributed by atoms with Crippen LogP contribution in [0.3, 0.4) is 0 Å². The Morgan fingerprint density at radius 3 is 2.52 bits per heavy atom. The molecule has 0 fully saturated rings. The second-order valence-electron chi connectivity index (χ2n) is 6.43. The van der Waals surface area contributed by atoms with Crippen molar-refractivity contribution in [3.8, 4) is 11.8 Å². The average molecular weight is 386 g/mol. The van der Waals surface area contributed by atoms with Crippen LogP contribution >= 0.6 is 11.6 Å². The molecule has 140 valence electrons. The number of aromatic carboxylic acids is 1. The van der Waals surface area contributed by atoms with Gasteiger partial charge >= 0.3 is 5.97 Å². The monoisotopic (exact) mass is 385 g/mol. The fourth-order valence-corrected chi connectivity index (χ4v) is 2.99. The number of hydrogen-bond acceptors (Lipinski definition) is 3. The molecule has 0 spiro atoms. The van der Waals surface area contributed by atoms with Crippen molar-refractivity contribution in [1.29, 1.82) is 5.26 Å². The van der Waals surface area contributed by atoms with Gasteiger partial charge in [0, 0.05) is 23.1 Å². The van der Waals surface area contributed by atoms with E-state index in [1.54, 1.807) is 6.07 Å². The number of hydrogen-bond donors (Lipinski definition) is 2. The molecule has 0 saturated carbocycles. The summed E-state index contributed by atoms with van der Waals surface area (Å²) in [5.41, 5.74) is 2.96. The predicted octanol–water partition coefficient (Wildman–Crippen LogP) is 3.88. The summed E-state index contributed by atoms with van der Waals surface area (Å²) in [7, 11) is 0. The number of nitrogens with zero attached hydrogens (tertiary/aromatic N) is 2. The quantitative estimate of drug-likeness (QED) is 0.603. The number of carbonyl (C=O) groups excluding carboxylic acids is 1. The highest BCUT2D eigenvalue weighted by atomic mass is 35.5. The molecule has 0 saturated heterocycles. The molecular weight excluding hydrogens is 366 g/mol. The number of carboxylic acid groups (broad SMARTS) is 1. The van der Waals surface area contributed by atoms with Crippen LogP contribution in [0, 0.1) is 25.2 Å². The van der Waals surface area contributed by atoms with Gasteiger partial charge in [-0.15, -0.1) is 0 Å². The third-order valence-corrected chi connectivity index (χ3v) is 4.32. The predicted molar refractivity (Wildman–Crippen MR) is 104 cm³/mol. The Morgan fingerprint density at radius 2 is 1.96 bits per heavy atom. The van der Waals surface area contributed by atoms with E-state index in [2.05, 4.69) is 5.32 Å². The summed E-state index contributed by atoms with van der Waals surface area (Å²) in [6, 6.07) is 8.44. The SMILES string of the molecule is Cc1cc(/C=C(/C#N)C(=O)NC(C)C)c(C)n1-c1ccc(Cl)c(C(=O)O)c1. The summed E-state index contributed by atoms with van der Waals surface area (Å²) in [5.74, 6) is -1.54. The second kappa shape index (κ2) is 8.11. The number of aromatic nitrogens is 1. The van der Waals surface area contributed by atoms with E-state index < -0.39 is 11.9 Å². The average Bonchev–Trinajstić information content (AvgIpc) is 2.86. The lowest BCUT2D eigenvalue weighted by atomic mass is 10.1. The Labute approximate surface area is 162 Å². The van der Waals surface area contributed by atoms with Crippen molar-refractivity contribution in [1.82, 2.24) is 9.88 Å². The third kappa shape index (κ3) is 4.39. The zero-order chi connectivity index (χ0) is 20.3. The van der Waals surface area contributed by atoms with Crippen LogP contribution in [0.25, 0.3) is 11.8 Å². The van der Waals surface area contributed by atoms with E-state index in [0.29, 0.717) is 11.3 Å². The zero-order valence-electron chi connectivity index (χ0n) is 15.5. The van der Waals surface area contributed by atoms with Crippen LogP contribution in [0.4, 0.5) is 0 Å². The Bertz CT molecular complexity index is 981. The molecule has 0 aliphatic carbocycles. The largest absolute Gasteiger partial charge is 0.478 e. The number of aryl methyl sites for hydroxylation is 1. The molecule has 7 heteroatoms. The lowest BCUT2D eigenvalue weighted by molar-refractivity contribution is -0.117. The molecule has 1 amide bonds. The Balaban J connectivity index is 2.53. The molecule has 0 unspecified atom stereocenters. The van der Waals surface area contributed by atoms with Crippen LogP contribution in [-0.2, 0) is 4.79 Å². The number of rotatable bonds is 5. The summed E-state index contributed by atoms with van der Waals surface area (Å²) in [6.07, 6.45) is 1.53. The molecular formula is C20H20ClN3O3. The van der Waals surface area contributed by atoms with E-state index in [4.69, 9.17) is 11.6 Å². The highest BCUT2D eigenvalue weighted by Gasteiger charge is 2.16. The minimum absolute atomic E-state index is 0.00582. The van der Waals surface area contributed by atoms with Crippen molar-refractivity contribution in [2.24, 2.45) is 0 Å². The smallest absolute Gasteiger partial charge is 0.337 e. The van der Waals surface area contributed by atoms with Gasteiger partial charge in [0.25, 0.3) is 5.91 Å². The van der Waals surface area contributed by atoms with Gasteiger partial charge in [-0.1, -0.05) is 11.6 Å². The summed E-state index contributed by atoms with van der Waals surface area (Å²) < 4.78 is 1.85. The number of nitrogens with one attached hydrogen (secondary N) is 1. The van der Waals surface area contributed by atoms with Crippen molar-refractivity contribution in [2.45, 2.75) is 33.7 Å². The first-order valence-electron chi connectivity index (χ1n) is 8.30. The summed E-state index contributed by atoms with van der Waals surface area (Å²) in [4.78, 5) is 23.5. The normalized spacial score (nSPS) is 11.4. The standard InChI is InChI=1S/C20H20ClN3O3/c1-11(2)23-19(25)15(10-22)8-14-7-12(3)24(13(14)4)16-5-6-18(21)17(9-16)20(26)27/h5-9,11H,1-4H3,(H,23,25)(H,26,27)/b15-8-. The van der Waals surface area contributed by atoms with Crippen molar-refractivity contribution >= 4 is 29.6 Å². The number of benzene rings is 1. The van der Waals surface area contributed by atoms with Crippen LogP contribution in [0.15, 0.2) is 29.8 Å². The first-order chi connectivity index (χ1) is 12.6. The summed E-state index contributed by atoms with van der Waals surface area (Å²) in [5, 5.41) is 21.5. The van der Waals surface area contributed by atoms with E-state index in [-0.39, 0.29) is 22.2 Å². The molecule has 0 aliphatic heterocycles. The maximum absolute atomic E-state index is 12.1. The lowest BCUT2D eigenvalue weighted by Crippen LogP contribution is -2.30. The van der Waals surface area contributed by atoms with Gasteiger partial charge in [-0.25, -0.2) is 4.79 Å². The van der Waals surface area contributed by atoms with Crippen molar-refractivity contribution in [3.63, 3.8) is 0 Å². The lowest BCUT2D eigenvalue weighted by Gasteiger charge is -2.11. The van der Waals surface area contributed by atoms with E-state index in [0.717, 1.165) is 11.4 Å². The molecule has 0 bridgehead atoms. The first kappa shape index (κ1) is 20.3. The Hall–Kier alpha value is -3.04. The highest BCUT2D eigenvalue weighted by molar-refractivity contribution is 6.33. The topological polar surface area (TPSA) is 95.1 Å². The van der Waals surface area contributed by atoms with Crippen molar-refractivity contribution < 1.29 is 14.7 Å². The van der Waals surface area contributed by atoms with Gasteiger partial charge in [0.05, 0.1) is 10.6 Å². The minimum atomic E-state index is -1.11. The zero-order valence-corrected chi connectivity index (χ0v) is 16.3. The molecule has 1 heterocycles. The Morgan fingerprint density at radius 1 is 1.30 bits per heavy atom. The summed E-state index contributed by atoms with van der Waals surface area (Å²) >= 11 is 5.95. The molecule has 0 aliphatic rings. The molecule has 0 atom stereocenters. The maximum Gasteiger partial charge on any atom is 0.337 e. The van der Waals surface area contributed by atoms with Crippen LogP contribution in [0.5, 0.6) is 0 Å². The van der Waals surface area contributed by atoms with Gasteiger partial charge in [0.15, 0.2) is 0 Å². The van der Waals surface area contributed by atoms with Crippen molar-refractivity contribution in [3.05, 3.63) is 57.4 Å². The molecule has 2 rings (SSSR count).